The second kappa shape index (κ2) is 16.5. The topological polar surface area (TPSA) is 146 Å². The van der Waals surface area contributed by atoms with Crippen LogP contribution < -0.4 is 9.64 Å². The summed E-state index contributed by atoms with van der Waals surface area (Å²) in [5.41, 5.74) is -0.479. The number of esters is 3. The zero-order valence-electron chi connectivity index (χ0n) is 39.8. The second-order valence-electron chi connectivity index (χ2n) is 20.6. The zero-order valence-corrected chi connectivity index (χ0v) is 39.8. The molecule has 7 heterocycles. The Kier molecular flexibility index (Phi) is 11.4. The molecule has 3 saturated heterocycles. The van der Waals surface area contributed by atoms with Gasteiger partial charge in [0.05, 0.1) is 40.6 Å². The average Bonchev–Trinajstić information content (AvgIpc) is 3.97. The number of ether oxygens (including phenoxy) is 5. The number of hydrogen-bond donors (Lipinski definition) is 2. The molecule has 1 saturated carbocycles. The molecule has 1 aromatic heterocycles. The molecule has 3 aromatic rings. The number of H-pyrrole nitrogens is 1. The van der Waals surface area contributed by atoms with E-state index in [1.807, 2.05) is 43.2 Å². The molecule has 0 radical (unpaired) electrons. The van der Waals surface area contributed by atoms with E-state index in [2.05, 4.69) is 37.9 Å². The van der Waals surface area contributed by atoms with E-state index < -0.39 is 63.7 Å². The number of nitrogens with zero attached hydrogens (tertiary/aromatic N) is 4. The van der Waals surface area contributed by atoms with Crippen molar-refractivity contribution in [3.63, 3.8) is 0 Å². The number of carbonyl (C=O) groups excluding carboxylic acids is 3. The first-order valence-corrected chi connectivity index (χ1v) is 24.0. The Morgan fingerprint density at radius 3 is 2.43 bits per heavy atom. The molecule has 0 amide bonds. The maximum atomic E-state index is 15.6. The molecular weight excluding hydrogens is 865 g/mol. The standard InChI is InChI=1S/C51H65F2N5O9/c1-8-48-13-9-15-58-17-14-49(42(48)58)36-24-37(40(63-5)25-39(36)55(4)43(49)51(62,46(61)65-7)44(48)67-30(2)59)50(45(60)64-6)26-32-22-33(47(3,52)53)29-57(28-32)16-12-34-35-23-31(10-11-38(35)54-41(34)50)27-56-18-20-66-21-19-56/h9-11,13,23-25,32-33,42-44,54,62H,8,12,14-22,26-29H2,1-7H3/t32-,33-,42+,43-,44-,48-,49-,50+,51+/m1/s1. The molecule has 1 unspecified atom stereocenters. The lowest BCUT2D eigenvalue weighted by molar-refractivity contribution is -0.228. The van der Waals surface area contributed by atoms with E-state index in [4.69, 9.17) is 23.7 Å². The van der Waals surface area contributed by atoms with Crippen molar-refractivity contribution in [3.8, 4) is 5.75 Å². The van der Waals surface area contributed by atoms with E-state index in [1.165, 1.54) is 21.1 Å². The molecule has 1 aliphatic carbocycles. The van der Waals surface area contributed by atoms with Crippen molar-refractivity contribution < 1.29 is 52.0 Å². The number of benzene rings is 2. The van der Waals surface area contributed by atoms with Gasteiger partial charge in [0.25, 0.3) is 0 Å². The van der Waals surface area contributed by atoms with Crippen LogP contribution in [0.1, 0.15) is 74.4 Å². The first-order chi connectivity index (χ1) is 32.0. The summed E-state index contributed by atoms with van der Waals surface area (Å²) < 4.78 is 60.8. The van der Waals surface area contributed by atoms with Crippen LogP contribution in [0.4, 0.5) is 14.5 Å². The second-order valence-corrected chi connectivity index (χ2v) is 20.6. The molecular formula is C51H65F2N5O9. The van der Waals surface area contributed by atoms with E-state index in [0.29, 0.717) is 81.3 Å². The lowest BCUT2D eigenvalue weighted by Crippen LogP contribution is -2.81. The number of fused-ring (bicyclic) bond motifs is 6. The van der Waals surface area contributed by atoms with Gasteiger partial charge < -0.3 is 43.6 Å². The summed E-state index contributed by atoms with van der Waals surface area (Å²) in [6, 6.07) is 8.95. The fourth-order valence-corrected chi connectivity index (χ4v) is 14.6. The van der Waals surface area contributed by atoms with E-state index >= 15 is 13.6 Å². The molecule has 16 heteroatoms. The van der Waals surface area contributed by atoms with Crippen molar-refractivity contribution in [2.45, 2.75) is 100.0 Å². The van der Waals surface area contributed by atoms with Crippen LogP contribution in [0.15, 0.2) is 42.5 Å². The maximum absolute atomic E-state index is 15.6. The maximum Gasteiger partial charge on any atom is 0.344 e. The summed E-state index contributed by atoms with van der Waals surface area (Å²) in [5, 5.41) is 14.4. The number of nitrogens with one attached hydrogen (secondary N) is 1. The predicted molar refractivity (Wildman–Crippen MR) is 245 cm³/mol. The highest BCUT2D eigenvalue weighted by Gasteiger charge is 2.80. The lowest BCUT2D eigenvalue weighted by Gasteiger charge is -2.63. The van der Waals surface area contributed by atoms with Crippen molar-refractivity contribution in [1.29, 1.82) is 0 Å². The molecule has 6 aliphatic heterocycles. The molecule has 67 heavy (non-hydrogen) atoms. The van der Waals surface area contributed by atoms with Crippen LogP contribution in [-0.2, 0) is 57.1 Å². The summed E-state index contributed by atoms with van der Waals surface area (Å²) in [4.78, 5) is 55.7. The van der Waals surface area contributed by atoms with Crippen LogP contribution in [0.5, 0.6) is 5.75 Å². The number of piperidine rings is 1. The summed E-state index contributed by atoms with van der Waals surface area (Å²) in [6.45, 7) is 10.5. The number of likely N-dealkylation sites (N-methyl/N-ethyl adjacent to an activating group) is 1. The Morgan fingerprint density at radius 1 is 0.985 bits per heavy atom. The number of methoxy groups -OCH3 is 3. The normalized spacial score (nSPS) is 34.8. The zero-order chi connectivity index (χ0) is 47.4. The minimum absolute atomic E-state index is 0.141. The number of aromatic nitrogens is 1. The third kappa shape index (κ3) is 6.65. The van der Waals surface area contributed by atoms with Gasteiger partial charge in [0.15, 0.2) is 6.10 Å². The number of halogens is 2. The molecule has 10 atom stereocenters. The van der Waals surface area contributed by atoms with Crippen LogP contribution in [0.25, 0.3) is 10.9 Å². The Balaban J connectivity index is 1.24. The molecule has 2 bridgehead atoms. The third-order valence-corrected chi connectivity index (χ3v) is 17.2. The monoisotopic (exact) mass is 929 g/mol. The molecule has 14 nitrogen and oxygen atoms in total. The first kappa shape index (κ1) is 46.1. The predicted octanol–water partition coefficient (Wildman–Crippen LogP) is 4.95. The molecule has 1 spiro atoms. The summed E-state index contributed by atoms with van der Waals surface area (Å²) in [7, 11) is 6.00. The van der Waals surface area contributed by atoms with Gasteiger partial charge in [0, 0.05) is 116 Å². The SMILES string of the molecule is CC[C@]12C=CCN3CC[C@@]4(c5cc([C@@]6(C(=O)OC)C[C@H]7C[C@@H](C(C)(F)F)CN(CCc8c6[nH]c6ccc(CN9CCOCC9)cc86)C7)c(OC)cc5N(C)[C@H]4[C@@](O)(C(=O)OC)[C@@H]1OC(C)=O)[C@@H]32. The summed E-state index contributed by atoms with van der Waals surface area (Å²) in [6.07, 6.45) is 4.49. The van der Waals surface area contributed by atoms with Crippen molar-refractivity contribution in [2.24, 2.45) is 17.3 Å². The molecule has 4 fully saturated rings. The van der Waals surface area contributed by atoms with Gasteiger partial charge in [-0.1, -0.05) is 25.1 Å². The third-order valence-electron chi connectivity index (χ3n) is 17.2. The lowest BCUT2D eigenvalue weighted by atomic mass is 9.47. The number of hydrogen-bond acceptors (Lipinski definition) is 13. The minimum atomic E-state index is -2.95. The Hall–Kier alpha value is -4.61. The van der Waals surface area contributed by atoms with Gasteiger partial charge in [-0.25, -0.2) is 13.6 Å². The fourth-order valence-electron chi connectivity index (χ4n) is 14.6. The highest BCUT2D eigenvalue weighted by atomic mass is 19.3. The number of alkyl halides is 2. The van der Waals surface area contributed by atoms with Gasteiger partial charge in [-0.05, 0) is 86.4 Å². The van der Waals surface area contributed by atoms with Gasteiger partial charge in [-0.15, -0.1) is 0 Å². The Morgan fingerprint density at radius 2 is 1.75 bits per heavy atom. The van der Waals surface area contributed by atoms with Crippen LogP contribution in [-0.4, -0.2) is 160 Å². The number of aromatic amines is 1. The number of anilines is 1. The molecule has 2 aromatic carbocycles. The van der Waals surface area contributed by atoms with Crippen LogP contribution in [0, 0.1) is 17.3 Å². The van der Waals surface area contributed by atoms with Crippen LogP contribution in [0.2, 0.25) is 0 Å². The van der Waals surface area contributed by atoms with Crippen molar-refractivity contribution >= 4 is 34.5 Å². The molecule has 7 aliphatic rings. The van der Waals surface area contributed by atoms with Gasteiger partial charge in [0.2, 0.25) is 11.5 Å². The van der Waals surface area contributed by atoms with E-state index in [0.717, 1.165) is 54.2 Å². The Bertz CT molecular complexity index is 2500. The first-order valence-electron chi connectivity index (χ1n) is 24.0. The van der Waals surface area contributed by atoms with Gasteiger partial charge >= 0.3 is 17.9 Å². The average molecular weight is 930 g/mol. The molecule has 10 rings (SSSR count). The number of rotatable bonds is 9. The largest absolute Gasteiger partial charge is 0.496 e. The van der Waals surface area contributed by atoms with E-state index in [9.17, 15) is 14.7 Å². The fraction of sp³-hybridized carbons (Fsp3) is 0.627. The smallest absolute Gasteiger partial charge is 0.344 e. The number of carbonyl (C=O) groups is 3. The summed E-state index contributed by atoms with van der Waals surface area (Å²) in [5.74, 6) is -5.97. The molecule has 2 N–H and O–H groups in total. The minimum Gasteiger partial charge on any atom is -0.496 e. The van der Waals surface area contributed by atoms with Crippen LogP contribution in [0.3, 0.4) is 0 Å². The quantitative estimate of drug-likeness (QED) is 0.170. The highest BCUT2D eigenvalue weighted by Crippen LogP contribution is 2.68. The van der Waals surface area contributed by atoms with Crippen LogP contribution >= 0.6 is 0 Å². The van der Waals surface area contributed by atoms with Crippen molar-refractivity contribution in [3.05, 3.63) is 70.4 Å². The Labute approximate surface area is 390 Å². The highest BCUT2D eigenvalue weighted by molar-refractivity contribution is 5.95. The molecule has 362 valence electrons. The van der Waals surface area contributed by atoms with Gasteiger partial charge in [0.1, 0.15) is 11.2 Å². The number of morpholine rings is 1. The van der Waals surface area contributed by atoms with E-state index in [-0.39, 0.29) is 31.3 Å². The van der Waals surface area contributed by atoms with E-state index in [1.54, 1.807) is 7.11 Å². The van der Waals surface area contributed by atoms with Crippen molar-refractivity contribution in [2.75, 3.05) is 92.3 Å². The van der Waals surface area contributed by atoms with Gasteiger partial charge in [-0.2, -0.15) is 0 Å². The van der Waals surface area contributed by atoms with Crippen molar-refractivity contribution in [1.82, 2.24) is 19.7 Å². The number of aliphatic hydroxyl groups is 1. The summed E-state index contributed by atoms with van der Waals surface area (Å²) >= 11 is 0. The van der Waals surface area contributed by atoms with Gasteiger partial charge in [-0.3, -0.25) is 19.4 Å².